The molecule has 1 saturated carbocycles. The van der Waals surface area contributed by atoms with E-state index in [0.717, 1.165) is 17.3 Å². The average molecular weight is 242 g/mol. The van der Waals surface area contributed by atoms with Gasteiger partial charge in [0.25, 0.3) is 0 Å². The fraction of sp³-hybridized carbons (Fsp3) is 1.00. The van der Waals surface area contributed by atoms with Crippen molar-refractivity contribution in [1.29, 1.82) is 0 Å². The van der Waals surface area contributed by atoms with Gasteiger partial charge in [-0.25, -0.2) is 0 Å². The molecule has 0 aromatic carbocycles. The quantitative estimate of drug-likeness (QED) is 0.797. The van der Waals surface area contributed by atoms with Crippen LogP contribution in [0.4, 0.5) is 0 Å². The molecule has 2 nitrogen and oxygen atoms in total. The molecule has 0 amide bonds. The van der Waals surface area contributed by atoms with Crippen LogP contribution in [-0.2, 0) is 0 Å². The van der Waals surface area contributed by atoms with E-state index in [1.807, 2.05) is 0 Å². The van der Waals surface area contributed by atoms with Crippen molar-refractivity contribution in [1.82, 2.24) is 10.2 Å². The Morgan fingerprint density at radius 1 is 1.31 bits per heavy atom. The normalized spacial score (nSPS) is 36.0. The second-order valence-corrected chi connectivity index (χ2v) is 6.40. The zero-order valence-electron chi connectivity index (χ0n) is 10.7. The van der Waals surface area contributed by atoms with Crippen LogP contribution in [0.15, 0.2) is 0 Å². The number of likely N-dealkylation sites (tertiary alicyclic amines) is 1. The first-order valence-corrected chi connectivity index (χ1v) is 8.12. The molecule has 1 heterocycles. The number of rotatable bonds is 5. The Bertz CT molecular complexity index is 210. The maximum absolute atomic E-state index is 3.66. The summed E-state index contributed by atoms with van der Waals surface area (Å²) in [6.45, 7) is 6.06. The van der Waals surface area contributed by atoms with Gasteiger partial charge in [-0.3, -0.25) is 4.90 Å². The Kier molecular flexibility index (Phi) is 4.98. The zero-order chi connectivity index (χ0) is 11.4. The summed E-state index contributed by atoms with van der Waals surface area (Å²) in [5, 5.41) is 4.60. The minimum Gasteiger partial charge on any atom is -0.313 e. The van der Waals surface area contributed by atoms with Crippen LogP contribution in [0.3, 0.4) is 0 Å². The van der Waals surface area contributed by atoms with Crippen molar-refractivity contribution in [2.75, 3.05) is 25.9 Å². The van der Waals surface area contributed by atoms with Gasteiger partial charge in [-0.05, 0) is 44.9 Å². The fourth-order valence-corrected chi connectivity index (χ4v) is 3.88. The van der Waals surface area contributed by atoms with E-state index in [9.17, 15) is 0 Å². The summed E-state index contributed by atoms with van der Waals surface area (Å²) < 4.78 is 0. The molecule has 2 aliphatic rings. The SMILES string of the molecule is CCCNC1CCN(C2CCC(SC)C2)C1. The van der Waals surface area contributed by atoms with Crippen LogP contribution in [0.5, 0.6) is 0 Å². The van der Waals surface area contributed by atoms with Crippen LogP contribution >= 0.6 is 11.8 Å². The molecule has 0 spiro atoms. The van der Waals surface area contributed by atoms with Crippen LogP contribution < -0.4 is 5.32 Å². The second kappa shape index (κ2) is 6.27. The van der Waals surface area contributed by atoms with Gasteiger partial charge in [-0.15, -0.1) is 0 Å². The van der Waals surface area contributed by atoms with E-state index in [4.69, 9.17) is 0 Å². The smallest absolute Gasteiger partial charge is 0.0207 e. The van der Waals surface area contributed by atoms with E-state index in [2.05, 4.69) is 35.2 Å². The lowest BCUT2D eigenvalue weighted by Crippen LogP contribution is -2.36. The number of hydrogen-bond acceptors (Lipinski definition) is 3. The molecule has 3 heteroatoms. The van der Waals surface area contributed by atoms with Gasteiger partial charge in [0.2, 0.25) is 0 Å². The van der Waals surface area contributed by atoms with Gasteiger partial charge in [0.05, 0.1) is 0 Å². The van der Waals surface area contributed by atoms with Crippen LogP contribution in [0.25, 0.3) is 0 Å². The summed E-state index contributed by atoms with van der Waals surface area (Å²) in [6.07, 6.45) is 9.20. The van der Waals surface area contributed by atoms with E-state index in [1.54, 1.807) is 0 Å². The molecule has 0 bridgehead atoms. The highest BCUT2D eigenvalue weighted by atomic mass is 32.2. The second-order valence-electron chi connectivity index (χ2n) is 5.26. The number of nitrogens with zero attached hydrogens (tertiary/aromatic N) is 1. The monoisotopic (exact) mass is 242 g/mol. The van der Waals surface area contributed by atoms with Gasteiger partial charge in [-0.1, -0.05) is 6.92 Å². The molecule has 1 aliphatic heterocycles. The molecule has 0 aromatic rings. The number of nitrogens with one attached hydrogen (secondary N) is 1. The minimum atomic E-state index is 0.772. The van der Waals surface area contributed by atoms with E-state index < -0.39 is 0 Å². The first-order chi connectivity index (χ1) is 7.83. The first-order valence-electron chi connectivity index (χ1n) is 6.83. The summed E-state index contributed by atoms with van der Waals surface area (Å²) in [6, 6.07) is 1.67. The minimum absolute atomic E-state index is 0.772. The van der Waals surface area contributed by atoms with Gasteiger partial charge >= 0.3 is 0 Å². The summed E-state index contributed by atoms with van der Waals surface area (Å²) >= 11 is 2.07. The number of thioether (sulfide) groups is 1. The highest BCUT2D eigenvalue weighted by Crippen LogP contribution is 2.32. The van der Waals surface area contributed by atoms with Crippen molar-refractivity contribution in [2.45, 2.75) is 56.4 Å². The Labute approximate surface area is 105 Å². The Hall–Kier alpha value is 0.270. The van der Waals surface area contributed by atoms with Gasteiger partial charge in [-0.2, -0.15) is 11.8 Å². The van der Waals surface area contributed by atoms with Gasteiger partial charge < -0.3 is 5.32 Å². The molecule has 2 rings (SSSR count). The highest BCUT2D eigenvalue weighted by molar-refractivity contribution is 7.99. The van der Waals surface area contributed by atoms with Crippen molar-refractivity contribution in [3.05, 3.63) is 0 Å². The van der Waals surface area contributed by atoms with E-state index >= 15 is 0 Å². The van der Waals surface area contributed by atoms with Crippen LogP contribution in [0.2, 0.25) is 0 Å². The predicted octanol–water partition coefficient (Wildman–Crippen LogP) is 2.34. The average Bonchev–Trinajstić information content (AvgIpc) is 2.94. The molecule has 0 aromatic heterocycles. The zero-order valence-corrected chi connectivity index (χ0v) is 11.6. The third-order valence-corrected chi connectivity index (χ3v) is 5.20. The van der Waals surface area contributed by atoms with Crippen molar-refractivity contribution < 1.29 is 0 Å². The molecular formula is C13H26N2S. The van der Waals surface area contributed by atoms with Crippen molar-refractivity contribution >= 4 is 11.8 Å². The molecule has 1 N–H and O–H groups in total. The molecule has 1 saturated heterocycles. The lowest BCUT2D eigenvalue weighted by Gasteiger charge is -2.24. The van der Waals surface area contributed by atoms with Crippen molar-refractivity contribution in [3.63, 3.8) is 0 Å². The fourth-order valence-electron chi connectivity index (χ4n) is 3.10. The Morgan fingerprint density at radius 2 is 2.19 bits per heavy atom. The summed E-state index contributed by atoms with van der Waals surface area (Å²) in [4.78, 5) is 2.74. The standard InChI is InChI=1S/C13H26N2S/c1-3-7-14-11-6-8-15(10-11)12-4-5-13(9-12)16-2/h11-14H,3-10H2,1-2H3. The van der Waals surface area contributed by atoms with Crippen molar-refractivity contribution in [3.8, 4) is 0 Å². The molecule has 0 radical (unpaired) electrons. The first kappa shape index (κ1) is 12.7. The molecule has 16 heavy (non-hydrogen) atoms. The van der Waals surface area contributed by atoms with Crippen LogP contribution in [0, 0.1) is 0 Å². The molecule has 3 atom stereocenters. The van der Waals surface area contributed by atoms with Gasteiger partial charge in [0.1, 0.15) is 0 Å². The molecule has 3 unspecified atom stereocenters. The molecule has 1 aliphatic carbocycles. The van der Waals surface area contributed by atoms with E-state index in [-0.39, 0.29) is 0 Å². The maximum Gasteiger partial charge on any atom is 0.0207 e. The van der Waals surface area contributed by atoms with Crippen molar-refractivity contribution in [2.24, 2.45) is 0 Å². The topological polar surface area (TPSA) is 15.3 Å². The maximum atomic E-state index is 3.66. The Balaban J connectivity index is 1.72. The van der Waals surface area contributed by atoms with Gasteiger partial charge in [0, 0.05) is 30.4 Å². The summed E-state index contributed by atoms with van der Waals surface area (Å²) in [7, 11) is 0. The molecular weight excluding hydrogens is 216 g/mol. The van der Waals surface area contributed by atoms with E-state index in [1.165, 1.54) is 51.7 Å². The third-order valence-electron chi connectivity index (χ3n) is 4.11. The predicted molar refractivity (Wildman–Crippen MR) is 73.2 cm³/mol. The molecule has 94 valence electrons. The van der Waals surface area contributed by atoms with Gasteiger partial charge in [0.15, 0.2) is 0 Å². The number of hydrogen-bond donors (Lipinski definition) is 1. The van der Waals surface area contributed by atoms with Crippen LogP contribution in [-0.4, -0.2) is 48.1 Å². The van der Waals surface area contributed by atoms with Crippen LogP contribution in [0.1, 0.15) is 39.0 Å². The lowest BCUT2D eigenvalue weighted by molar-refractivity contribution is 0.240. The molecule has 2 fully saturated rings. The highest BCUT2D eigenvalue weighted by Gasteiger charge is 2.32. The lowest BCUT2D eigenvalue weighted by atomic mass is 10.2. The largest absolute Gasteiger partial charge is 0.313 e. The summed E-state index contributed by atoms with van der Waals surface area (Å²) in [5.74, 6) is 0. The summed E-state index contributed by atoms with van der Waals surface area (Å²) in [5.41, 5.74) is 0. The van der Waals surface area contributed by atoms with E-state index in [0.29, 0.717) is 0 Å². The third kappa shape index (κ3) is 3.14. The Morgan fingerprint density at radius 3 is 2.88 bits per heavy atom.